The van der Waals surface area contributed by atoms with Gasteiger partial charge < -0.3 is 10.0 Å². The van der Waals surface area contributed by atoms with E-state index in [0.29, 0.717) is 6.54 Å². The fourth-order valence-electron chi connectivity index (χ4n) is 3.97. The van der Waals surface area contributed by atoms with Gasteiger partial charge in [-0.15, -0.1) is 0 Å². The molecule has 1 aliphatic carbocycles. The molecule has 1 saturated carbocycles. The van der Waals surface area contributed by atoms with Crippen molar-refractivity contribution in [2.75, 3.05) is 33.3 Å². The average Bonchev–Trinajstić information content (AvgIpc) is 3.11. The van der Waals surface area contributed by atoms with Crippen LogP contribution in [0.25, 0.3) is 0 Å². The molecule has 1 unspecified atom stereocenters. The van der Waals surface area contributed by atoms with Gasteiger partial charge in [0.2, 0.25) is 5.91 Å². The Labute approximate surface area is 123 Å². The summed E-state index contributed by atoms with van der Waals surface area (Å²) in [5.41, 5.74) is -0.0340. The second kappa shape index (κ2) is 6.90. The quantitative estimate of drug-likeness (QED) is 0.809. The predicted molar refractivity (Wildman–Crippen MR) is 80.5 cm³/mol. The number of rotatable bonds is 6. The molecule has 2 rings (SSSR count). The van der Waals surface area contributed by atoms with Crippen molar-refractivity contribution in [3.63, 3.8) is 0 Å². The smallest absolute Gasteiger partial charge is 0.239 e. The topological polar surface area (TPSA) is 43.8 Å². The first kappa shape index (κ1) is 15.8. The third-order valence-electron chi connectivity index (χ3n) is 5.20. The molecule has 1 heterocycles. The summed E-state index contributed by atoms with van der Waals surface area (Å²) in [4.78, 5) is 16.9. The van der Waals surface area contributed by atoms with Crippen molar-refractivity contribution in [1.29, 1.82) is 0 Å². The molecule has 0 aromatic heterocycles. The van der Waals surface area contributed by atoms with Gasteiger partial charge >= 0.3 is 0 Å². The van der Waals surface area contributed by atoms with Crippen LogP contribution in [0.2, 0.25) is 0 Å². The van der Waals surface area contributed by atoms with Gasteiger partial charge in [0.25, 0.3) is 0 Å². The summed E-state index contributed by atoms with van der Waals surface area (Å²) in [6.45, 7) is 5.15. The van der Waals surface area contributed by atoms with Crippen molar-refractivity contribution in [2.24, 2.45) is 5.41 Å². The van der Waals surface area contributed by atoms with E-state index >= 15 is 0 Å². The van der Waals surface area contributed by atoms with Crippen molar-refractivity contribution < 1.29 is 9.90 Å². The van der Waals surface area contributed by atoms with Crippen LogP contribution in [0.1, 0.15) is 51.9 Å². The van der Waals surface area contributed by atoms with Crippen molar-refractivity contribution in [1.82, 2.24) is 9.80 Å². The number of likely N-dealkylation sites (N-methyl/N-ethyl adjacent to an activating group) is 1. The summed E-state index contributed by atoms with van der Waals surface area (Å²) in [6.07, 6.45) is 7.80. The molecule has 2 aliphatic rings. The Morgan fingerprint density at radius 2 is 1.85 bits per heavy atom. The van der Waals surface area contributed by atoms with E-state index in [0.717, 1.165) is 32.4 Å². The van der Waals surface area contributed by atoms with E-state index in [4.69, 9.17) is 0 Å². The Morgan fingerprint density at radius 3 is 2.35 bits per heavy atom. The maximum absolute atomic E-state index is 12.7. The number of aliphatic hydroxyl groups is 1. The lowest BCUT2D eigenvalue weighted by Gasteiger charge is -2.35. The van der Waals surface area contributed by atoms with Crippen LogP contribution in [0.3, 0.4) is 0 Å². The molecule has 1 aliphatic heterocycles. The minimum Gasteiger partial charge on any atom is -0.396 e. The van der Waals surface area contributed by atoms with E-state index in [-0.39, 0.29) is 24.0 Å². The lowest BCUT2D eigenvalue weighted by Crippen LogP contribution is -2.49. The summed E-state index contributed by atoms with van der Waals surface area (Å²) in [5.74, 6) is 0.245. The van der Waals surface area contributed by atoms with Gasteiger partial charge in [-0.2, -0.15) is 0 Å². The Balaban J connectivity index is 1.95. The lowest BCUT2D eigenvalue weighted by atomic mass is 9.86. The highest BCUT2D eigenvalue weighted by Crippen LogP contribution is 2.38. The van der Waals surface area contributed by atoms with Gasteiger partial charge in [-0.25, -0.2) is 0 Å². The van der Waals surface area contributed by atoms with Crippen LogP contribution in [-0.2, 0) is 4.79 Å². The number of aliphatic hydroxyl groups excluding tert-OH is 1. The zero-order valence-corrected chi connectivity index (χ0v) is 13.1. The minimum absolute atomic E-state index is 0.0340. The molecule has 0 bridgehead atoms. The minimum atomic E-state index is -0.0340. The first-order valence-electron chi connectivity index (χ1n) is 8.22. The van der Waals surface area contributed by atoms with Crippen LogP contribution in [0.15, 0.2) is 0 Å². The van der Waals surface area contributed by atoms with Gasteiger partial charge in [0.05, 0.1) is 12.6 Å². The van der Waals surface area contributed by atoms with E-state index in [1.807, 2.05) is 11.9 Å². The molecule has 0 aromatic rings. The van der Waals surface area contributed by atoms with Gasteiger partial charge in [-0.3, -0.25) is 9.69 Å². The van der Waals surface area contributed by atoms with E-state index in [2.05, 4.69) is 11.8 Å². The summed E-state index contributed by atoms with van der Waals surface area (Å²) in [5, 5.41) is 9.71. The molecule has 20 heavy (non-hydrogen) atoms. The molecule has 1 amide bonds. The number of hydrogen-bond acceptors (Lipinski definition) is 3. The van der Waals surface area contributed by atoms with E-state index in [9.17, 15) is 9.90 Å². The first-order valence-corrected chi connectivity index (χ1v) is 8.22. The summed E-state index contributed by atoms with van der Waals surface area (Å²) in [7, 11) is 1.91. The van der Waals surface area contributed by atoms with Crippen molar-refractivity contribution >= 4 is 5.91 Å². The van der Waals surface area contributed by atoms with E-state index in [1.54, 1.807) is 0 Å². The maximum atomic E-state index is 12.7. The molecular formula is C16H30N2O2. The molecule has 1 N–H and O–H groups in total. The van der Waals surface area contributed by atoms with Crippen LogP contribution in [-0.4, -0.2) is 60.1 Å². The average molecular weight is 282 g/mol. The highest BCUT2D eigenvalue weighted by Gasteiger charge is 2.37. The van der Waals surface area contributed by atoms with Crippen LogP contribution >= 0.6 is 0 Å². The number of carbonyl (C=O) groups excluding carboxylic acids is 1. The number of carbonyl (C=O) groups is 1. The number of hydrogen-bond donors (Lipinski definition) is 1. The SMILES string of the molecule is CCC(C(=O)N(C)CC1(CO)CCCC1)N1CCCC1. The molecular weight excluding hydrogens is 252 g/mol. The fraction of sp³-hybridized carbons (Fsp3) is 0.938. The Bertz CT molecular complexity index is 320. The highest BCUT2D eigenvalue weighted by atomic mass is 16.3. The fourth-order valence-corrected chi connectivity index (χ4v) is 3.97. The van der Waals surface area contributed by atoms with Crippen molar-refractivity contribution in [2.45, 2.75) is 57.9 Å². The van der Waals surface area contributed by atoms with Crippen molar-refractivity contribution in [3.05, 3.63) is 0 Å². The Hall–Kier alpha value is -0.610. The second-order valence-electron chi connectivity index (χ2n) is 6.73. The standard InChI is InChI=1S/C16H30N2O2/c1-3-14(18-10-6-7-11-18)15(20)17(2)12-16(13-19)8-4-5-9-16/h14,19H,3-13H2,1-2H3. The zero-order valence-electron chi connectivity index (χ0n) is 13.1. The summed E-state index contributed by atoms with van der Waals surface area (Å²) in [6, 6.07) is 0.0413. The first-order chi connectivity index (χ1) is 9.62. The molecule has 4 nitrogen and oxygen atoms in total. The summed E-state index contributed by atoms with van der Waals surface area (Å²) < 4.78 is 0. The third kappa shape index (κ3) is 3.34. The number of amides is 1. The van der Waals surface area contributed by atoms with Crippen LogP contribution in [0, 0.1) is 5.41 Å². The molecule has 0 radical (unpaired) electrons. The molecule has 116 valence electrons. The Kier molecular flexibility index (Phi) is 5.44. The lowest BCUT2D eigenvalue weighted by molar-refractivity contribution is -0.137. The number of nitrogens with zero attached hydrogens (tertiary/aromatic N) is 2. The van der Waals surface area contributed by atoms with Crippen LogP contribution < -0.4 is 0 Å². The molecule has 0 spiro atoms. The van der Waals surface area contributed by atoms with Gasteiger partial charge in [0.15, 0.2) is 0 Å². The van der Waals surface area contributed by atoms with Crippen LogP contribution in [0.5, 0.6) is 0 Å². The number of likely N-dealkylation sites (tertiary alicyclic amines) is 1. The zero-order chi connectivity index (χ0) is 14.6. The summed E-state index contributed by atoms with van der Waals surface area (Å²) >= 11 is 0. The monoisotopic (exact) mass is 282 g/mol. The van der Waals surface area contributed by atoms with Gasteiger partial charge in [0, 0.05) is 19.0 Å². The molecule has 0 aromatic carbocycles. The van der Waals surface area contributed by atoms with E-state index < -0.39 is 0 Å². The largest absolute Gasteiger partial charge is 0.396 e. The highest BCUT2D eigenvalue weighted by molar-refractivity contribution is 5.81. The maximum Gasteiger partial charge on any atom is 0.239 e. The predicted octanol–water partition coefficient (Wildman–Crippen LogP) is 1.87. The van der Waals surface area contributed by atoms with Gasteiger partial charge in [0.1, 0.15) is 0 Å². The molecule has 1 atom stereocenters. The van der Waals surface area contributed by atoms with Gasteiger partial charge in [-0.05, 0) is 45.2 Å². The van der Waals surface area contributed by atoms with Gasteiger partial charge in [-0.1, -0.05) is 19.8 Å². The second-order valence-corrected chi connectivity index (χ2v) is 6.73. The normalized spacial score (nSPS) is 23.9. The third-order valence-corrected chi connectivity index (χ3v) is 5.20. The Morgan fingerprint density at radius 1 is 1.25 bits per heavy atom. The molecule has 4 heteroatoms. The molecule has 2 fully saturated rings. The van der Waals surface area contributed by atoms with E-state index in [1.165, 1.54) is 25.7 Å². The molecule has 1 saturated heterocycles. The van der Waals surface area contributed by atoms with Crippen LogP contribution in [0.4, 0.5) is 0 Å². The van der Waals surface area contributed by atoms with Crippen molar-refractivity contribution in [3.8, 4) is 0 Å².